The van der Waals surface area contributed by atoms with E-state index in [2.05, 4.69) is 177 Å². The van der Waals surface area contributed by atoms with Crippen molar-refractivity contribution in [3.05, 3.63) is 138 Å². The highest BCUT2D eigenvalue weighted by Gasteiger charge is 2.48. The van der Waals surface area contributed by atoms with Gasteiger partial charge >= 0.3 is 0 Å². The fourth-order valence-electron chi connectivity index (χ4n) is 8.21. The maximum absolute atomic E-state index is 11.6. The normalized spacial score (nSPS) is 14.9. The lowest BCUT2D eigenvalue weighted by molar-refractivity contribution is 0.201. The second-order valence-electron chi connectivity index (χ2n) is 18.2. The van der Waals surface area contributed by atoms with Crippen molar-refractivity contribution in [1.82, 2.24) is 14.5 Å². The molecule has 54 heavy (non-hydrogen) atoms. The molecule has 0 unspecified atom stereocenters. The number of aromatic nitrogens is 3. The van der Waals surface area contributed by atoms with Gasteiger partial charge in [-0.2, -0.15) is 0 Å². The maximum Gasteiger partial charge on any atom is 0.145 e. The molecule has 0 aliphatic carbocycles. The van der Waals surface area contributed by atoms with Crippen LogP contribution < -0.4 is 0 Å². The highest BCUT2D eigenvalue weighted by atomic mass is 16.3. The van der Waals surface area contributed by atoms with Gasteiger partial charge in [-0.15, -0.1) is 0 Å². The van der Waals surface area contributed by atoms with E-state index in [9.17, 15) is 5.11 Å². The fourth-order valence-corrected chi connectivity index (χ4v) is 8.21. The highest BCUT2D eigenvalue weighted by Crippen LogP contribution is 2.55. The highest BCUT2D eigenvalue weighted by molar-refractivity contribution is 6.06. The van der Waals surface area contributed by atoms with Gasteiger partial charge in [0.15, 0.2) is 0 Å². The minimum absolute atomic E-state index is 0.0199. The van der Waals surface area contributed by atoms with Gasteiger partial charge in [0.2, 0.25) is 0 Å². The van der Waals surface area contributed by atoms with Gasteiger partial charge in [-0.3, -0.25) is 4.98 Å². The van der Waals surface area contributed by atoms with Gasteiger partial charge in [-0.1, -0.05) is 146 Å². The largest absolute Gasteiger partial charge is 0.507 e. The number of rotatable bonds is 4. The summed E-state index contributed by atoms with van der Waals surface area (Å²) in [5.41, 5.74) is 14.3. The van der Waals surface area contributed by atoms with Crippen molar-refractivity contribution >= 4 is 11.0 Å². The molecule has 0 saturated carbocycles. The van der Waals surface area contributed by atoms with E-state index in [1.807, 2.05) is 12.3 Å². The Morgan fingerprint density at radius 1 is 0.574 bits per heavy atom. The number of fused-ring (bicyclic) bond motifs is 5. The van der Waals surface area contributed by atoms with Crippen LogP contribution in [0.4, 0.5) is 0 Å². The van der Waals surface area contributed by atoms with E-state index in [4.69, 9.17) is 9.97 Å². The van der Waals surface area contributed by atoms with Crippen LogP contribution in [0.5, 0.6) is 5.75 Å². The first kappa shape index (κ1) is 35.5. The summed E-state index contributed by atoms with van der Waals surface area (Å²) in [6.07, 6.45) is 2.02. The van der Waals surface area contributed by atoms with E-state index in [0.29, 0.717) is 0 Å². The molecule has 0 saturated heterocycles. The smallest absolute Gasteiger partial charge is 0.145 e. The Labute approximate surface area is 320 Å². The molecule has 0 bridgehead atoms. The number of pyridine rings is 1. The molecule has 3 heterocycles. The molecule has 1 aliphatic rings. The molecule has 0 atom stereocenters. The van der Waals surface area contributed by atoms with Crippen LogP contribution in [0.15, 0.2) is 121 Å². The monoisotopic (exact) mass is 709 g/mol. The van der Waals surface area contributed by atoms with Gasteiger partial charge in [-0.05, 0) is 87.9 Å². The molecule has 0 fully saturated rings. The van der Waals surface area contributed by atoms with Gasteiger partial charge in [0, 0.05) is 28.3 Å². The number of phenols is 1. The van der Waals surface area contributed by atoms with Crippen LogP contribution in [0.1, 0.15) is 85.9 Å². The standard InChI is InChI=1S/C50H51N3O/c1-47(2,3)34-23-26-41(51-30-34)33-27-32(28-35(29-33)48(4,5)6)37-24-25-39(38-20-15-14-19-36(38)31-17-12-11-13-18-31)45-44(37)52-46-43-40(21-16-22-42(43)54)49(7,8)50(9,10)53(45)46/h11-30,54H,1-10H3. The summed E-state index contributed by atoms with van der Waals surface area (Å²) in [4.78, 5) is 10.6. The van der Waals surface area contributed by atoms with E-state index in [1.54, 1.807) is 6.07 Å². The van der Waals surface area contributed by atoms with E-state index < -0.39 is 5.54 Å². The lowest BCUT2D eigenvalue weighted by Crippen LogP contribution is -2.48. The molecule has 4 nitrogen and oxygen atoms in total. The Kier molecular flexibility index (Phi) is 8.08. The second-order valence-corrected chi connectivity index (χ2v) is 18.2. The van der Waals surface area contributed by atoms with E-state index >= 15 is 0 Å². The first-order valence-corrected chi connectivity index (χ1v) is 19.1. The molecule has 2 aromatic heterocycles. The zero-order valence-corrected chi connectivity index (χ0v) is 33.3. The molecule has 0 radical (unpaired) electrons. The molecule has 5 aromatic carbocycles. The van der Waals surface area contributed by atoms with E-state index in [-0.39, 0.29) is 22.0 Å². The van der Waals surface area contributed by atoms with Crippen molar-refractivity contribution in [2.45, 2.75) is 91.0 Å². The first-order chi connectivity index (χ1) is 25.5. The summed E-state index contributed by atoms with van der Waals surface area (Å²) in [6.45, 7) is 22.7. The summed E-state index contributed by atoms with van der Waals surface area (Å²) >= 11 is 0. The van der Waals surface area contributed by atoms with Gasteiger partial charge in [0.1, 0.15) is 11.6 Å². The Balaban J connectivity index is 1.47. The lowest BCUT2D eigenvalue weighted by atomic mass is 9.65. The number of phenolic OH excluding ortho intramolecular Hbond substituents is 1. The lowest BCUT2D eigenvalue weighted by Gasteiger charge is -2.48. The van der Waals surface area contributed by atoms with Crippen molar-refractivity contribution in [3.8, 4) is 61.8 Å². The van der Waals surface area contributed by atoms with Gasteiger partial charge in [0.05, 0.1) is 27.8 Å². The second kappa shape index (κ2) is 12.3. The number of aromatic hydroxyl groups is 1. The molecule has 8 rings (SSSR count). The summed E-state index contributed by atoms with van der Waals surface area (Å²) < 4.78 is 2.42. The predicted molar refractivity (Wildman–Crippen MR) is 226 cm³/mol. The Hall–Kier alpha value is -5.48. The average molecular weight is 710 g/mol. The third kappa shape index (κ3) is 5.57. The molecule has 1 aliphatic heterocycles. The van der Waals surface area contributed by atoms with Crippen molar-refractivity contribution in [2.75, 3.05) is 0 Å². The zero-order valence-electron chi connectivity index (χ0n) is 33.3. The molecule has 1 N–H and O–H groups in total. The molecular weight excluding hydrogens is 659 g/mol. The number of hydrogen-bond acceptors (Lipinski definition) is 3. The van der Waals surface area contributed by atoms with Crippen molar-refractivity contribution in [3.63, 3.8) is 0 Å². The van der Waals surface area contributed by atoms with Crippen LogP contribution in [0, 0.1) is 0 Å². The molecule has 0 spiro atoms. The predicted octanol–water partition coefficient (Wildman–Crippen LogP) is 13.1. The van der Waals surface area contributed by atoms with Gasteiger partial charge in [0.25, 0.3) is 0 Å². The van der Waals surface area contributed by atoms with E-state index in [1.165, 1.54) is 22.3 Å². The number of nitrogens with zero attached hydrogens (tertiary/aromatic N) is 3. The Morgan fingerprint density at radius 3 is 1.89 bits per heavy atom. The first-order valence-electron chi connectivity index (χ1n) is 19.1. The van der Waals surface area contributed by atoms with Crippen molar-refractivity contribution in [1.29, 1.82) is 0 Å². The zero-order chi connectivity index (χ0) is 38.4. The van der Waals surface area contributed by atoms with E-state index in [0.717, 1.165) is 61.5 Å². The van der Waals surface area contributed by atoms with Gasteiger partial charge < -0.3 is 9.67 Å². The molecule has 272 valence electrons. The summed E-state index contributed by atoms with van der Waals surface area (Å²) in [7, 11) is 0. The minimum atomic E-state index is -0.413. The average Bonchev–Trinajstić information content (AvgIpc) is 3.55. The summed E-state index contributed by atoms with van der Waals surface area (Å²) in [6, 6.07) is 41.0. The number of benzene rings is 5. The molecule has 4 heteroatoms. The van der Waals surface area contributed by atoms with Crippen LogP contribution in [0.25, 0.3) is 67.1 Å². The molecular formula is C50H51N3O. The summed E-state index contributed by atoms with van der Waals surface area (Å²) in [5.74, 6) is 1.04. The number of imidazole rings is 1. The van der Waals surface area contributed by atoms with Crippen LogP contribution in [-0.2, 0) is 21.8 Å². The topological polar surface area (TPSA) is 50.9 Å². The van der Waals surface area contributed by atoms with Crippen LogP contribution >= 0.6 is 0 Å². The minimum Gasteiger partial charge on any atom is -0.507 e. The Morgan fingerprint density at radius 2 is 1.22 bits per heavy atom. The molecule has 0 amide bonds. The summed E-state index contributed by atoms with van der Waals surface area (Å²) in [5, 5.41) is 11.6. The molecule has 7 aromatic rings. The van der Waals surface area contributed by atoms with Crippen LogP contribution in [0.2, 0.25) is 0 Å². The quantitative estimate of drug-likeness (QED) is 0.198. The van der Waals surface area contributed by atoms with Crippen molar-refractivity contribution < 1.29 is 5.11 Å². The van der Waals surface area contributed by atoms with Crippen LogP contribution in [-0.4, -0.2) is 19.6 Å². The SMILES string of the molecule is CC(C)(C)c1ccc(-c2cc(-c3ccc(-c4ccccc4-c4ccccc4)c4c3nc3n4C(C)(C)C(C)(C)c4cccc(O)c4-3)cc(C(C)(C)C)c2)nc1. The van der Waals surface area contributed by atoms with Gasteiger partial charge in [-0.25, -0.2) is 4.98 Å². The Bertz CT molecular complexity index is 2560. The fraction of sp³-hybridized carbons (Fsp3) is 0.280. The van der Waals surface area contributed by atoms with Crippen LogP contribution in [0.3, 0.4) is 0 Å². The number of hydrogen-bond donors (Lipinski definition) is 1. The van der Waals surface area contributed by atoms with Crippen molar-refractivity contribution in [2.24, 2.45) is 0 Å². The third-order valence-electron chi connectivity index (χ3n) is 12.2. The third-order valence-corrected chi connectivity index (χ3v) is 12.2. The maximum atomic E-state index is 11.6.